The Hall–Kier alpha value is -2.73. The molecule has 0 radical (unpaired) electrons. The largest absolute Gasteiger partial charge is 0.465 e. The van der Waals surface area contributed by atoms with Crippen LogP contribution in [0.4, 0.5) is 10.1 Å². The number of nitrogens with one attached hydrogen (secondary N) is 1. The van der Waals surface area contributed by atoms with Crippen molar-refractivity contribution in [2.45, 2.75) is 19.4 Å². The fraction of sp³-hybridized carbons (Fsp3) is 0.300. The number of halogens is 1. The van der Waals surface area contributed by atoms with E-state index >= 15 is 0 Å². The predicted octanol–water partition coefficient (Wildman–Crippen LogP) is 3.17. The Labute approximate surface area is 151 Å². The third-order valence-corrected chi connectivity index (χ3v) is 4.69. The van der Waals surface area contributed by atoms with Crippen LogP contribution in [0.3, 0.4) is 0 Å². The topological polar surface area (TPSA) is 58.6 Å². The lowest BCUT2D eigenvalue weighted by atomic mass is 9.93. The van der Waals surface area contributed by atoms with Crippen molar-refractivity contribution in [3.63, 3.8) is 0 Å². The van der Waals surface area contributed by atoms with Crippen molar-refractivity contribution in [3.8, 4) is 0 Å². The fourth-order valence-corrected chi connectivity index (χ4v) is 3.28. The summed E-state index contributed by atoms with van der Waals surface area (Å²) in [6, 6.07) is 11.4. The normalized spacial score (nSPS) is 16.7. The van der Waals surface area contributed by atoms with Crippen molar-refractivity contribution in [1.82, 2.24) is 4.90 Å². The second-order valence-electron chi connectivity index (χ2n) is 6.36. The summed E-state index contributed by atoms with van der Waals surface area (Å²) in [6.45, 7) is 2.90. The van der Waals surface area contributed by atoms with Crippen LogP contribution in [-0.4, -0.2) is 37.0 Å². The van der Waals surface area contributed by atoms with E-state index in [4.69, 9.17) is 0 Å². The van der Waals surface area contributed by atoms with Gasteiger partial charge in [0, 0.05) is 18.3 Å². The molecule has 136 valence electrons. The van der Waals surface area contributed by atoms with Crippen molar-refractivity contribution in [3.05, 3.63) is 65.0 Å². The highest BCUT2D eigenvalue weighted by Gasteiger charge is 2.25. The highest BCUT2D eigenvalue weighted by atomic mass is 19.1. The van der Waals surface area contributed by atoms with Crippen LogP contribution in [-0.2, 0) is 16.0 Å². The standard InChI is InChI=1S/C20H21FN2O3/c1-13-18-11-16(21)7-6-14(18)8-9-23(13)12-19(24)22-17-5-3-4-15(10-17)20(25)26-2/h3-7,10-11,13H,8-9,12H2,1-2H3,(H,22,24). The third-order valence-electron chi connectivity index (χ3n) is 4.69. The number of carbonyl (C=O) groups excluding carboxylic acids is 2. The summed E-state index contributed by atoms with van der Waals surface area (Å²) in [6.07, 6.45) is 0.783. The van der Waals surface area contributed by atoms with Gasteiger partial charge < -0.3 is 10.1 Å². The summed E-state index contributed by atoms with van der Waals surface area (Å²) in [5.41, 5.74) is 2.97. The molecule has 1 aliphatic rings. The molecule has 1 aliphatic heterocycles. The van der Waals surface area contributed by atoms with Gasteiger partial charge in [-0.1, -0.05) is 12.1 Å². The molecule has 1 N–H and O–H groups in total. The minimum absolute atomic E-state index is 0.0402. The van der Waals surface area contributed by atoms with E-state index in [1.165, 1.54) is 13.2 Å². The molecule has 0 bridgehead atoms. The quantitative estimate of drug-likeness (QED) is 0.855. The molecule has 0 fully saturated rings. The first-order valence-electron chi connectivity index (χ1n) is 8.48. The monoisotopic (exact) mass is 356 g/mol. The molecule has 6 heteroatoms. The van der Waals surface area contributed by atoms with Gasteiger partial charge in [-0.2, -0.15) is 0 Å². The Morgan fingerprint density at radius 2 is 2.08 bits per heavy atom. The molecule has 0 aliphatic carbocycles. The van der Waals surface area contributed by atoms with Crippen LogP contribution in [0.25, 0.3) is 0 Å². The Morgan fingerprint density at radius 3 is 2.85 bits per heavy atom. The van der Waals surface area contributed by atoms with Gasteiger partial charge in [0.25, 0.3) is 0 Å². The number of rotatable bonds is 4. The summed E-state index contributed by atoms with van der Waals surface area (Å²) in [4.78, 5) is 26.0. The molecular formula is C20H21FN2O3. The van der Waals surface area contributed by atoms with Crippen LogP contribution >= 0.6 is 0 Å². The number of esters is 1. The summed E-state index contributed by atoms with van der Waals surface area (Å²) < 4.78 is 18.2. The smallest absolute Gasteiger partial charge is 0.337 e. The maximum absolute atomic E-state index is 13.5. The van der Waals surface area contributed by atoms with Crippen LogP contribution in [0.1, 0.15) is 34.5 Å². The molecule has 1 heterocycles. The Morgan fingerprint density at radius 1 is 1.27 bits per heavy atom. The lowest BCUT2D eigenvalue weighted by Crippen LogP contribution is -2.39. The molecule has 0 saturated carbocycles. The molecule has 1 amide bonds. The predicted molar refractivity (Wildman–Crippen MR) is 96.5 cm³/mol. The molecule has 26 heavy (non-hydrogen) atoms. The Bertz CT molecular complexity index is 838. The summed E-state index contributed by atoms with van der Waals surface area (Å²) in [5.74, 6) is -0.898. The van der Waals surface area contributed by atoms with Gasteiger partial charge in [-0.25, -0.2) is 9.18 Å². The summed E-state index contributed by atoms with van der Waals surface area (Å²) >= 11 is 0. The fourth-order valence-electron chi connectivity index (χ4n) is 3.28. The number of anilines is 1. The number of nitrogens with zero attached hydrogens (tertiary/aromatic N) is 1. The van der Waals surface area contributed by atoms with Crippen molar-refractivity contribution < 1.29 is 18.7 Å². The van der Waals surface area contributed by atoms with Crippen molar-refractivity contribution >= 4 is 17.6 Å². The van der Waals surface area contributed by atoms with Gasteiger partial charge in [-0.3, -0.25) is 9.69 Å². The zero-order valence-electron chi connectivity index (χ0n) is 14.8. The third kappa shape index (κ3) is 3.91. The van der Waals surface area contributed by atoms with Crippen molar-refractivity contribution in [1.29, 1.82) is 0 Å². The highest BCUT2D eigenvalue weighted by molar-refractivity contribution is 5.95. The van der Waals surface area contributed by atoms with Crippen LogP contribution in [0.5, 0.6) is 0 Å². The van der Waals surface area contributed by atoms with Crippen LogP contribution in [0, 0.1) is 5.82 Å². The molecule has 0 spiro atoms. The van der Waals surface area contributed by atoms with Gasteiger partial charge in [0.15, 0.2) is 0 Å². The number of hydrogen-bond acceptors (Lipinski definition) is 4. The average molecular weight is 356 g/mol. The van der Waals surface area contributed by atoms with E-state index in [0.717, 1.165) is 24.1 Å². The molecule has 3 rings (SSSR count). The van der Waals surface area contributed by atoms with Crippen molar-refractivity contribution in [2.24, 2.45) is 0 Å². The lowest BCUT2D eigenvalue weighted by Gasteiger charge is -2.34. The Kier molecular flexibility index (Phi) is 5.32. The van der Waals surface area contributed by atoms with Gasteiger partial charge in [0.2, 0.25) is 5.91 Å². The molecule has 2 aromatic rings. The molecule has 2 aromatic carbocycles. The minimum Gasteiger partial charge on any atom is -0.465 e. The summed E-state index contributed by atoms with van der Waals surface area (Å²) in [7, 11) is 1.31. The number of benzene rings is 2. The van der Waals surface area contributed by atoms with E-state index < -0.39 is 5.97 Å². The first-order chi connectivity index (χ1) is 12.5. The second-order valence-corrected chi connectivity index (χ2v) is 6.36. The number of hydrogen-bond donors (Lipinski definition) is 1. The highest BCUT2D eigenvalue weighted by Crippen LogP contribution is 2.29. The van der Waals surface area contributed by atoms with E-state index in [9.17, 15) is 14.0 Å². The van der Waals surface area contributed by atoms with Crippen molar-refractivity contribution in [2.75, 3.05) is 25.5 Å². The van der Waals surface area contributed by atoms with Gasteiger partial charge in [-0.15, -0.1) is 0 Å². The van der Waals surface area contributed by atoms with E-state index in [0.29, 0.717) is 11.3 Å². The summed E-state index contributed by atoms with van der Waals surface area (Å²) in [5, 5.41) is 2.80. The van der Waals surface area contributed by atoms with E-state index in [1.54, 1.807) is 30.3 Å². The minimum atomic E-state index is -0.454. The first-order valence-corrected chi connectivity index (χ1v) is 8.48. The molecule has 0 saturated heterocycles. The van der Waals surface area contributed by atoms with E-state index in [1.807, 2.05) is 17.9 Å². The van der Waals surface area contributed by atoms with Crippen LogP contribution in [0.2, 0.25) is 0 Å². The van der Waals surface area contributed by atoms with Gasteiger partial charge in [0.1, 0.15) is 5.82 Å². The number of fused-ring (bicyclic) bond motifs is 1. The first kappa shape index (κ1) is 18.1. The lowest BCUT2D eigenvalue weighted by molar-refractivity contribution is -0.117. The van der Waals surface area contributed by atoms with Crippen LogP contribution < -0.4 is 5.32 Å². The van der Waals surface area contributed by atoms with Gasteiger partial charge in [-0.05, 0) is 54.8 Å². The number of amides is 1. The number of ether oxygens (including phenoxy) is 1. The maximum Gasteiger partial charge on any atom is 0.337 e. The number of methoxy groups -OCH3 is 1. The zero-order chi connectivity index (χ0) is 18.7. The number of carbonyl (C=O) groups is 2. The molecule has 5 nitrogen and oxygen atoms in total. The second kappa shape index (κ2) is 7.66. The molecular weight excluding hydrogens is 335 g/mol. The molecule has 0 aromatic heterocycles. The molecule has 1 atom stereocenters. The Balaban J connectivity index is 1.66. The average Bonchev–Trinajstić information content (AvgIpc) is 2.64. The van der Waals surface area contributed by atoms with Gasteiger partial charge >= 0.3 is 5.97 Å². The van der Waals surface area contributed by atoms with Gasteiger partial charge in [0.05, 0.1) is 19.2 Å². The van der Waals surface area contributed by atoms with E-state index in [-0.39, 0.29) is 24.3 Å². The maximum atomic E-state index is 13.5. The van der Waals surface area contributed by atoms with Crippen LogP contribution in [0.15, 0.2) is 42.5 Å². The SMILES string of the molecule is COC(=O)c1cccc(NC(=O)CN2CCc3ccc(F)cc3C2C)c1. The zero-order valence-corrected chi connectivity index (χ0v) is 14.8. The molecule has 1 unspecified atom stereocenters. The van der Waals surface area contributed by atoms with E-state index in [2.05, 4.69) is 10.1 Å².